The Morgan fingerprint density at radius 1 is 1.29 bits per heavy atom. The zero-order valence-electron chi connectivity index (χ0n) is 8.61. The topological polar surface area (TPSA) is 40.5 Å². The number of benzene rings is 1. The smallest absolute Gasteiger partial charge is 0.0790 e. The molecule has 0 aliphatic heterocycles. The average molecular weight is 194 g/mol. The Hall–Kier alpha value is -0.860. The van der Waals surface area contributed by atoms with Gasteiger partial charge in [0.1, 0.15) is 0 Å². The Balaban J connectivity index is 2.47. The molecule has 0 heterocycles. The van der Waals surface area contributed by atoms with E-state index in [1.54, 1.807) is 0 Å². The monoisotopic (exact) mass is 194 g/mol. The first-order valence-corrected chi connectivity index (χ1v) is 5.09. The van der Waals surface area contributed by atoms with Gasteiger partial charge in [0.05, 0.1) is 6.10 Å². The number of rotatable bonds is 5. The minimum Gasteiger partial charge on any atom is -0.396 e. The molecule has 0 unspecified atom stereocenters. The van der Waals surface area contributed by atoms with Gasteiger partial charge in [-0.25, -0.2) is 0 Å². The fourth-order valence-electron chi connectivity index (χ4n) is 1.49. The minimum absolute atomic E-state index is 0.209. The Kier molecular flexibility index (Phi) is 4.63. The third kappa shape index (κ3) is 3.48. The van der Waals surface area contributed by atoms with Crippen molar-refractivity contribution in [3.8, 4) is 0 Å². The van der Waals surface area contributed by atoms with Crippen molar-refractivity contribution in [2.45, 2.75) is 32.3 Å². The van der Waals surface area contributed by atoms with Crippen molar-refractivity contribution in [3.63, 3.8) is 0 Å². The fraction of sp³-hybridized carbons (Fsp3) is 0.500. The molecule has 0 saturated carbocycles. The van der Waals surface area contributed by atoms with E-state index in [0.29, 0.717) is 0 Å². The largest absolute Gasteiger partial charge is 0.396 e. The summed E-state index contributed by atoms with van der Waals surface area (Å²) in [6, 6.07) is 7.92. The maximum Gasteiger partial charge on any atom is 0.0790 e. The fourth-order valence-corrected chi connectivity index (χ4v) is 1.49. The summed E-state index contributed by atoms with van der Waals surface area (Å²) in [5.74, 6) is 0. The molecule has 2 N–H and O–H groups in total. The first kappa shape index (κ1) is 11.2. The van der Waals surface area contributed by atoms with E-state index in [2.05, 4.69) is 0 Å². The van der Waals surface area contributed by atoms with Gasteiger partial charge in [-0.1, -0.05) is 29.8 Å². The first-order chi connectivity index (χ1) is 6.74. The summed E-state index contributed by atoms with van der Waals surface area (Å²) in [4.78, 5) is 0. The molecule has 0 saturated heterocycles. The van der Waals surface area contributed by atoms with E-state index in [-0.39, 0.29) is 12.7 Å². The molecule has 1 aromatic carbocycles. The van der Waals surface area contributed by atoms with Crippen LogP contribution in [0.25, 0.3) is 0 Å². The van der Waals surface area contributed by atoms with E-state index >= 15 is 0 Å². The number of aryl methyl sites for hydroxylation is 1. The SMILES string of the molecule is Cc1cccc([C@@H](O)CCCCO)c1. The zero-order valence-corrected chi connectivity index (χ0v) is 8.61. The third-order valence-electron chi connectivity index (χ3n) is 2.31. The van der Waals surface area contributed by atoms with E-state index in [9.17, 15) is 5.11 Å². The van der Waals surface area contributed by atoms with Crippen LogP contribution in [0.2, 0.25) is 0 Å². The van der Waals surface area contributed by atoms with Crippen molar-refractivity contribution < 1.29 is 10.2 Å². The van der Waals surface area contributed by atoms with Crippen LogP contribution in [0.4, 0.5) is 0 Å². The van der Waals surface area contributed by atoms with Gasteiger partial charge >= 0.3 is 0 Å². The number of unbranched alkanes of at least 4 members (excludes halogenated alkanes) is 1. The predicted molar refractivity (Wildman–Crippen MR) is 57.1 cm³/mol. The quantitative estimate of drug-likeness (QED) is 0.705. The van der Waals surface area contributed by atoms with Crippen LogP contribution in [0.3, 0.4) is 0 Å². The molecule has 0 spiro atoms. The average Bonchev–Trinajstić information content (AvgIpc) is 2.18. The molecule has 14 heavy (non-hydrogen) atoms. The number of aliphatic hydroxyl groups excluding tert-OH is 2. The Morgan fingerprint density at radius 2 is 2.07 bits per heavy atom. The number of aliphatic hydroxyl groups is 2. The lowest BCUT2D eigenvalue weighted by molar-refractivity contribution is 0.159. The summed E-state index contributed by atoms with van der Waals surface area (Å²) in [6.07, 6.45) is 1.97. The molecule has 2 heteroatoms. The third-order valence-corrected chi connectivity index (χ3v) is 2.31. The van der Waals surface area contributed by atoms with Crippen LogP contribution in [0.15, 0.2) is 24.3 Å². The normalized spacial score (nSPS) is 12.8. The second-order valence-corrected chi connectivity index (χ2v) is 3.65. The zero-order chi connectivity index (χ0) is 10.4. The summed E-state index contributed by atoms with van der Waals surface area (Å²) in [7, 11) is 0. The highest BCUT2D eigenvalue weighted by molar-refractivity contribution is 5.23. The highest BCUT2D eigenvalue weighted by Crippen LogP contribution is 2.19. The Bertz CT molecular complexity index is 271. The molecule has 0 amide bonds. The molecule has 0 aliphatic carbocycles. The summed E-state index contributed by atoms with van der Waals surface area (Å²) in [6.45, 7) is 2.23. The summed E-state index contributed by atoms with van der Waals surface area (Å²) in [5, 5.41) is 18.4. The molecule has 0 bridgehead atoms. The van der Waals surface area contributed by atoms with Gasteiger partial charge in [0.15, 0.2) is 0 Å². The number of hydrogen-bond acceptors (Lipinski definition) is 2. The van der Waals surface area contributed by atoms with Gasteiger partial charge in [-0.3, -0.25) is 0 Å². The van der Waals surface area contributed by atoms with Crippen molar-refractivity contribution >= 4 is 0 Å². The van der Waals surface area contributed by atoms with Crippen molar-refractivity contribution in [3.05, 3.63) is 35.4 Å². The van der Waals surface area contributed by atoms with Crippen LogP contribution in [0.5, 0.6) is 0 Å². The Morgan fingerprint density at radius 3 is 2.71 bits per heavy atom. The van der Waals surface area contributed by atoms with Gasteiger partial charge in [-0.15, -0.1) is 0 Å². The van der Waals surface area contributed by atoms with E-state index in [0.717, 1.165) is 24.8 Å². The van der Waals surface area contributed by atoms with Crippen molar-refractivity contribution in [2.75, 3.05) is 6.61 Å². The second-order valence-electron chi connectivity index (χ2n) is 3.65. The number of hydrogen-bond donors (Lipinski definition) is 2. The highest BCUT2D eigenvalue weighted by Gasteiger charge is 2.06. The van der Waals surface area contributed by atoms with Gasteiger partial charge < -0.3 is 10.2 Å². The molecule has 1 aromatic rings. The molecule has 0 radical (unpaired) electrons. The van der Waals surface area contributed by atoms with Gasteiger partial charge in [-0.2, -0.15) is 0 Å². The molecule has 78 valence electrons. The molecule has 1 rings (SSSR count). The second kappa shape index (κ2) is 5.78. The highest BCUT2D eigenvalue weighted by atomic mass is 16.3. The van der Waals surface area contributed by atoms with Crippen molar-refractivity contribution in [1.29, 1.82) is 0 Å². The standard InChI is InChI=1S/C12H18O2/c1-10-5-4-6-11(9-10)12(14)7-2-3-8-13/h4-6,9,12-14H,2-3,7-8H2,1H3/t12-/m0/s1. The van der Waals surface area contributed by atoms with Crippen LogP contribution < -0.4 is 0 Å². The molecule has 0 aromatic heterocycles. The van der Waals surface area contributed by atoms with Crippen LogP contribution >= 0.6 is 0 Å². The van der Waals surface area contributed by atoms with Crippen LogP contribution in [0, 0.1) is 6.92 Å². The predicted octanol–water partition coefficient (Wildman–Crippen LogP) is 2.19. The first-order valence-electron chi connectivity index (χ1n) is 5.09. The maximum atomic E-state index is 9.79. The summed E-state index contributed by atoms with van der Waals surface area (Å²) >= 11 is 0. The van der Waals surface area contributed by atoms with Gasteiger partial charge in [0.2, 0.25) is 0 Å². The van der Waals surface area contributed by atoms with E-state index < -0.39 is 0 Å². The lowest BCUT2D eigenvalue weighted by Gasteiger charge is -2.10. The van der Waals surface area contributed by atoms with E-state index in [1.165, 1.54) is 5.56 Å². The van der Waals surface area contributed by atoms with Crippen molar-refractivity contribution in [2.24, 2.45) is 0 Å². The van der Waals surface area contributed by atoms with Gasteiger partial charge in [0, 0.05) is 6.61 Å². The minimum atomic E-state index is -0.388. The van der Waals surface area contributed by atoms with E-state index in [1.807, 2.05) is 31.2 Å². The van der Waals surface area contributed by atoms with Gasteiger partial charge in [0.25, 0.3) is 0 Å². The summed E-state index contributed by atoms with van der Waals surface area (Å²) < 4.78 is 0. The van der Waals surface area contributed by atoms with Crippen molar-refractivity contribution in [1.82, 2.24) is 0 Å². The Labute approximate surface area is 85.2 Å². The van der Waals surface area contributed by atoms with E-state index in [4.69, 9.17) is 5.11 Å². The molecule has 2 nitrogen and oxygen atoms in total. The lowest BCUT2D eigenvalue weighted by Crippen LogP contribution is -1.98. The molecule has 0 fully saturated rings. The van der Waals surface area contributed by atoms with Crippen LogP contribution in [0.1, 0.15) is 36.5 Å². The molecule has 1 atom stereocenters. The molecular weight excluding hydrogens is 176 g/mol. The molecular formula is C12H18O2. The lowest BCUT2D eigenvalue weighted by atomic mass is 10.0. The van der Waals surface area contributed by atoms with Gasteiger partial charge in [-0.05, 0) is 31.7 Å². The maximum absolute atomic E-state index is 9.79. The van der Waals surface area contributed by atoms with Crippen LogP contribution in [-0.2, 0) is 0 Å². The summed E-state index contributed by atoms with van der Waals surface area (Å²) in [5.41, 5.74) is 2.15. The van der Waals surface area contributed by atoms with Crippen LogP contribution in [-0.4, -0.2) is 16.8 Å². The molecule has 0 aliphatic rings.